The third-order valence-electron chi connectivity index (χ3n) is 5.32. The molecule has 0 saturated heterocycles. The third kappa shape index (κ3) is 19.7. The zero-order valence-electron chi connectivity index (χ0n) is 18.2. The fraction of sp³-hybridized carbons (Fsp3) is 0.875. The molecule has 0 aromatic rings. The number of carbonyl (C=O) groups is 1. The topological polar surface area (TPSA) is 49.3 Å². The zero-order valence-corrected chi connectivity index (χ0v) is 18.2. The first-order chi connectivity index (χ1) is 13.2. The van der Waals surface area contributed by atoms with E-state index in [1.165, 1.54) is 83.5 Å². The number of aliphatic hydroxyl groups excluding tert-OH is 1. The number of aldehydes is 1. The molecule has 0 saturated carbocycles. The molecule has 27 heavy (non-hydrogen) atoms. The molecule has 160 valence electrons. The number of unbranched alkanes of at least 4 members (excludes halogenated alkanes) is 14. The Hall–Kier alpha value is -0.830. The first-order valence-corrected chi connectivity index (χ1v) is 11.7. The van der Waals surface area contributed by atoms with E-state index in [1.54, 1.807) is 0 Å². The molecule has 0 aliphatic carbocycles. The second-order valence-electron chi connectivity index (χ2n) is 8.07. The van der Waals surface area contributed by atoms with Crippen molar-refractivity contribution in [1.82, 2.24) is 5.32 Å². The summed E-state index contributed by atoms with van der Waals surface area (Å²) in [6.45, 7) is 6.44. The Bertz CT molecular complexity index is 330. The van der Waals surface area contributed by atoms with Gasteiger partial charge in [-0.15, -0.1) is 0 Å². The molecule has 1 atom stereocenters. The van der Waals surface area contributed by atoms with E-state index < -0.39 is 0 Å². The van der Waals surface area contributed by atoms with Gasteiger partial charge in [0.1, 0.15) is 6.29 Å². The van der Waals surface area contributed by atoms with Crippen LogP contribution >= 0.6 is 0 Å². The van der Waals surface area contributed by atoms with Crippen LogP contribution in [-0.4, -0.2) is 24.0 Å². The Balaban J connectivity index is 3.22. The van der Waals surface area contributed by atoms with Gasteiger partial charge in [-0.25, -0.2) is 0 Å². The highest BCUT2D eigenvalue weighted by Gasteiger charge is 2.06. The predicted octanol–water partition coefficient (Wildman–Crippen LogP) is 6.69. The summed E-state index contributed by atoms with van der Waals surface area (Å²) in [4.78, 5) is 10.2. The molecule has 0 aromatic heterocycles. The average Bonchev–Trinajstić information content (AvgIpc) is 2.67. The monoisotopic (exact) mass is 381 g/mol. The van der Waals surface area contributed by atoms with Gasteiger partial charge in [-0.1, -0.05) is 97.0 Å². The molecular weight excluding hydrogens is 334 g/mol. The molecule has 0 aromatic carbocycles. The van der Waals surface area contributed by atoms with Gasteiger partial charge in [0.2, 0.25) is 0 Å². The number of hydrogen-bond donors (Lipinski definition) is 2. The van der Waals surface area contributed by atoms with Crippen molar-refractivity contribution in [3.8, 4) is 0 Å². The number of allylic oxidation sites excluding steroid dienone is 1. The molecule has 0 radical (unpaired) electrons. The summed E-state index contributed by atoms with van der Waals surface area (Å²) in [5.41, 5.74) is 1.09. The average molecular weight is 382 g/mol. The molecule has 3 nitrogen and oxygen atoms in total. The molecule has 0 fully saturated rings. The molecule has 0 aliphatic rings. The summed E-state index contributed by atoms with van der Waals surface area (Å²) in [6, 6.07) is 0.185. The van der Waals surface area contributed by atoms with E-state index in [4.69, 9.17) is 0 Å². The quantitative estimate of drug-likeness (QED) is 0.162. The molecule has 0 aliphatic heterocycles. The van der Waals surface area contributed by atoms with Gasteiger partial charge in [0.25, 0.3) is 0 Å². The lowest BCUT2D eigenvalue weighted by Gasteiger charge is -2.18. The summed E-state index contributed by atoms with van der Waals surface area (Å²) in [7, 11) is 0. The van der Waals surface area contributed by atoms with Crippen LogP contribution < -0.4 is 5.32 Å². The fourth-order valence-electron chi connectivity index (χ4n) is 3.61. The van der Waals surface area contributed by atoms with E-state index >= 15 is 0 Å². The molecule has 2 N–H and O–H groups in total. The lowest BCUT2D eigenvalue weighted by atomic mass is 10.0. The van der Waals surface area contributed by atoms with Gasteiger partial charge in [0.05, 0.1) is 6.61 Å². The van der Waals surface area contributed by atoms with Crippen molar-refractivity contribution in [3.05, 3.63) is 12.3 Å². The summed E-state index contributed by atoms with van der Waals surface area (Å²) in [5, 5.41) is 12.7. The highest BCUT2D eigenvalue weighted by atomic mass is 16.3. The van der Waals surface area contributed by atoms with Crippen molar-refractivity contribution < 1.29 is 9.90 Å². The van der Waals surface area contributed by atoms with Crippen molar-refractivity contribution in [3.63, 3.8) is 0 Å². The van der Waals surface area contributed by atoms with E-state index in [-0.39, 0.29) is 12.6 Å². The summed E-state index contributed by atoms with van der Waals surface area (Å²) in [6.07, 6.45) is 23.4. The van der Waals surface area contributed by atoms with Gasteiger partial charge >= 0.3 is 0 Å². The molecule has 0 bridgehead atoms. The number of nitrogens with one attached hydrogen (secondary N) is 1. The van der Waals surface area contributed by atoms with Crippen LogP contribution in [0, 0.1) is 0 Å². The first-order valence-electron chi connectivity index (χ1n) is 11.7. The number of aliphatic hydroxyl groups is 1. The second kappa shape index (κ2) is 21.5. The lowest BCUT2D eigenvalue weighted by molar-refractivity contribution is -0.107. The molecule has 0 heterocycles. The van der Waals surface area contributed by atoms with Crippen LogP contribution in [0.3, 0.4) is 0 Å². The predicted molar refractivity (Wildman–Crippen MR) is 118 cm³/mol. The third-order valence-corrected chi connectivity index (χ3v) is 5.32. The maximum Gasteiger partial charge on any atom is 0.119 e. The summed E-state index contributed by atoms with van der Waals surface area (Å²) < 4.78 is 0. The number of carbonyl (C=O) groups excluding carboxylic acids is 1. The van der Waals surface area contributed by atoms with Crippen molar-refractivity contribution in [2.24, 2.45) is 0 Å². The largest absolute Gasteiger partial charge is 0.394 e. The van der Waals surface area contributed by atoms with Gasteiger partial charge in [0, 0.05) is 18.2 Å². The Labute approximate surface area is 169 Å². The van der Waals surface area contributed by atoms with Crippen molar-refractivity contribution in [2.75, 3.05) is 6.61 Å². The molecule has 0 spiro atoms. The Morgan fingerprint density at radius 2 is 1.30 bits per heavy atom. The summed E-state index contributed by atoms with van der Waals surface area (Å²) >= 11 is 0. The number of hydrogen-bond acceptors (Lipinski definition) is 3. The van der Waals surface area contributed by atoms with E-state index in [0.29, 0.717) is 0 Å². The van der Waals surface area contributed by atoms with E-state index in [1.807, 2.05) is 0 Å². The Morgan fingerprint density at radius 1 is 0.852 bits per heavy atom. The fourth-order valence-corrected chi connectivity index (χ4v) is 3.61. The van der Waals surface area contributed by atoms with Crippen molar-refractivity contribution in [1.29, 1.82) is 0 Å². The van der Waals surface area contributed by atoms with Gasteiger partial charge in [-0.3, -0.25) is 0 Å². The van der Waals surface area contributed by atoms with Crippen LogP contribution in [0.4, 0.5) is 0 Å². The Kier molecular flexibility index (Phi) is 20.8. The molecule has 1 unspecified atom stereocenters. The van der Waals surface area contributed by atoms with Crippen LogP contribution in [0.5, 0.6) is 0 Å². The van der Waals surface area contributed by atoms with Gasteiger partial charge in [-0.2, -0.15) is 0 Å². The minimum Gasteiger partial charge on any atom is -0.394 e. The van der Waals surface area contributed by atoms with E-state index in [2.05, 4.69) is 18.8 Å². The zero-order chi connectivity index (χ0) is 20.0. The van der Waals surface area contributed by atoms with E-state index in [9.17, 15) is 9.90 Å². The molecule has 0 amide bonds. The van der Waals surface area contributed by atoms with Crippen LogP contribution in [0.15, 0.2) is 12.3 Å². The highest BCUT2D eigenvalue weighted by Crippen LogP contribution is 2.14. The minimum atomic E-state index is 0.185. The van der Waals surface area contributed by atoms with Crippen molar-refractivity contribution >= 4 is 6.29 Å². The molecular formula is C24H47NO2. The standard InChI is InChI=1S/C24H47NO2/c1-3-19-24(22-27)25-23(2)20-17-15-13-11-9-7-5-4-6-8-10-12-14-16-18-21-26/h21,24-25,27H,2-20,22H2,1H3. The maximum atomic E-state index is 10.2. The van der Waals surface area contributed by atoms with Crippen LogP contribution in [-0.2, 0) is 4.79 Å². The van der Waals surface area contributed by atoms with Crippen LogP contribution in [0.1, 0.15) is 122 Å². The van der Waals surface area contributed by atoms with Crippen LogP contribution in [0.2, 0.25) is 0 Å². The maximum absolute atomic E-state index is 10.2. The second-order valence-corrected chi connectivity index (χ2v) is 8.07. The molecule has 3 heteroatoms. The van der Waals surface area contributed by atoms with Crippen LogP contribution in [0.25, 0.3) is 0 Å². The van der Waals surface area contributed by atoms with E-state index in [0.717, 1.165) is 44.1 Å². The first kappa shape index (κ1) is 26.2. The SMILES string of the molecule is C=C(CCCCCCCCCCCCCCCCC=O)NC(CO)CCC. The molecule has 0 rings (SSSR count). The smallest absolute Gasteiger partial charge is 0.119 e. The van der Waals surface area contributed by atoms with Gasteiger partial charge in [0.15, 0.2) is 0 Å². The highest BCUT2D eigenvalue weighted by molar-refractivity contribution is 5.48. The minimum absolute atomic E-state index is 0.185. The lowest BCUT2D eigenvalue weighted by Crippen LogP contribution is -2.31. The summed E-state index contributed by atoms with van der Waals surface area (Å²) in [5.74, 6) is 0. The van der Waals surface area contributed by atoms with Gasteiger partial charge < -0.3 is 15.2 Å². The number of rotatable bonds is 22. The Morgan fingerprint density at radius 3 is 1.70 bits per heavy atom. The van der Waals surface area contributed by atoms with Crippen molar-refractivity contribution in [2.45, 2.75) is 129 Å². The normalized spacial score (nSPS) is 12.1. The van der Waals surface area contributed by atoms with Gasteiger partial charge in [-0.05, 0) is 25.7 Å².